The highest BCUT2D eigenvalue weighted by molar-refractivity contribution is 4.77. The predicted molar refractivity (Wildman–Crippen MR) is 79.6 cm³/mol. The molecule has 4 nitrogen and oxygen atoms in total. The minimum absolute atomic E-state index is 0.664. The molecular weight excluding hydrogens is 240 g/mol. The van der Waals surface area contributed by atoms with Crippen LogP contribution in [0.4, 0.5) is 0 Å². The van der Waals surface area contributed by atoms with Crippen LogP contribution in [0.5, 0.6) is 0 Å². The van der Waals surface area contributed by atoms with Crippen LogP contribution in [0, 0.1) is 5.92 Å². The molecule has 0 aromatic rings. The molecule has 19 heavy (non-hydrogen) atoms. The molecule has 114 valence electrons. The zero-order valence-electron chi connectivity index (χ0n) is 13.0. The van der Waals surface area contributed by atoms with Gasteiger partial charge in [0.25, 0.3) is 0 Å². The molecule has 4 heteroatoms. The summed E-state index contributed by atoms with van der Waals surface area (Å²) >= 11 is 0. The van der Waals surface area contributed by atoms with Crippen molar-refractivity contribution in [2.75, 3.05) is 53.1 Å². The van der Waals surface area contributed by atoms with Gasteiger partial charge < -0.3 is 19.7 Å². The fraction of sp³-hybridized carbons (Fsp3) is 1.00. The summed E-state index contributed by atoms with van der Waals surface area (Å²) in [4.78, 5) is 2.59. The van der Waals surface area contributed by atoms with Crippen LogP contribution in [0.25, 0.3) is 0 Å². The van der Waals surface area contributed by atoms with Crippen LogP contribution in [0.15, 0.2) is 0 Å². The second kappa shape index (κ2) is 10.6. The van der Waals surface area contributed by atoms with E-state index in [1.165, 1.54) is 25.9 Å². The highest BCUT2D eigenvalue weighted by atomic mass is 16.5. The van der Waals surface area contributed by atoms with Gasteiger partial charge in [-0.2, -0.15) is 0 Å². The Morgan fingerprint density at radius 1 is 1.26 bits per heavy atom. The van der Waals surface area contributed by atoms with Crippen LogP contribution in [0.1, 0.15) is 33.1 Å². The van der Waals surface area contributed by atoms with E-state index in [0.29, 0.717) is 19.3 Å². The fourth-order valence-electron chi connectivity index (χ4n) is 2.64. The van der Waals surface area contributed by atoms with Crippen LogP contribution in [-0.2, 0) is 9.47 Å². The van der Waals surface area contributed by atoms with E-state index < -0.39 is 0 Å². The number of nitrogens with one attached hydrogen (secondary N) is 1. The molecule has 1 atom stereocenters. The standard InChI is InChI=1S/C15H32N2O2/c1-14(2)12-15-13-17(7-4-6-16-15)8-5-9-19-11-10-18-3/h14-16H,4-13H2,1-3H3. The maximum Gasteiger partial charge on any atom is 0.0700 e. The van der Waals surface area contributed by atoms with E-state index in [2.05, 4.69) is 24.1 Å². The molecule has 1 saturated heterocycles. The number of hydrogen-bond donors (Lipinski definition) is 1. The van der Waals surface area contributed by atoms with Gasteiger partial charge in [-0.25, -0.2) is 0 Å². The van der Waals surface area contributed by atoms with Gasteiger partial charge in [0.05, 0.1) is 13.2 Å². The van der Waals surface area contributed by atoms with Crippen LogP contribution in [0.2, 0.25) is 0 Å². The molecule has 1 aliphatic heterocycles. The minimum atomic E-state index is 0.664. The smallest absolute Gasteiger partial charge is 0.0700 e. The Hall–Kier alpha value is -0.160. The highest BCUT2D eigenvalue weighted by Gasteiger charge is 2.17. The van der Waals surface area contributed by atoms with Crippen molar-refractivity contribution in [3.8, 4) is 0 Å². The first-order chi connectivity index (χ1) is 9.22. The first kappa shape index (κ1) is 16.9. The molecule has 1 N–H and O–H groups in total. The monoisotopic (exact) mass is 272 g/mol. The molecule has 0 amide bonds. The van der Waals surface area contributed by atoms with Crippen molar-refractivity contribution in [1.29, 1.82) is 0 Å². The Balaban J connectivity index is 2.13. The lowest BCUT2D eigenvalue weighted by molar-refractivity contribution is 0.0650. The van der Waals surface area contributed by atoms with E-state index in [1.807, 2.05) is 0 Å². The molecule has 1 fully saturated rings. The number of hydrogen-bond acceptors (Lipinski definition) is 4. The van der Waals surface area contributed by atoms with Crippen LogP contribution in [0.3, 0.4) is 0 Å². The number of rotatable bonds is 9. The lowest BCUT2D eigenvalue weighted by atomic mass is 10.0. The van der Waals surface area contributed by atoms with E-state index in [4.69, 9.17) is 9.47 Å². The Kier molecular flexibility index (Phi) is 9.43. The van der Waals surface area contributed by atoms with E-state index in [9.17, 15) is 0 Å². The number of methoxy groups -OCH3 is 1. The Labute approximate surface area is 118 Å². The van der Waals surface area contributed by atoms with Crippen LogP contribution < -0.4 is 5.32 Å². The minimum Gasteiger partial charge on any atom is -0.382 e. The summed E-state index contributed by atoms with van der Waals surface area (Å²) in [6, 6.07) is 0.664. The van der Waals surface area contributed by atoms with Gasteiger partial charge in [-0.1, -0.05) is 13.8 Å². The van der Waals surface area contributed by atoms with Crippen molar-refractivity contribution < 1.29 is 9.47 Å². The molecule has 0 aromatic heterocycles. The normalized spacial score (nSPS) is 21.8. The lowest BCUT2D eigenvalue weighted by Gasteiger charge is -2.25. The highest BCUT2D eigenvalue weighted by Crippen LogP contribution is 2.10. The largest absolute Gasteiger partial charge is 0.382 e. The lowest BCUT2D eigenvalue weighted by Crippen LogP contribution is -2.39. The maximum absolute atomic E-state index is 5.52. The Bertz CT molecular complexity index is 212. The molecule has 0 saturated carbocycles. The van der Waals surface area contributed by atoms with Gasteiger partial charge in [-0.3, -0.25) is 0 Å². The van der Waals surface area contributed by atoms with Crippen molar-refractivity contribution in [2.45, 2.75) is 39.2 Å². The van der Waals surface area contributed by atoms with E-state index in [1.54, 1.807) is 7.11 Å². The third-order valence-corrected chi connectivity index (χ3v) is 3.51. The van der Waals surface area contributed by atoms with Gasteiger partial charge in [0.1, 0.15) is 0 Å². The summed E-state index contributed by atoms with van der Waals surface area (Å²) in [6.07, 6.45) is 3.66. The number of nitrogens with zero attached hydrogens (tertiary/aromatic N) is 1. The molecule has 0 aliphatic carbocycles. The van der Waals surface area contributed by atoms with Gasteiger partial charge in [0.15, 0.2) is 0 Å². The van der Waals surface area contributed by atoms with Gasteiger partial charge >= 0.3 is 0 Å². The Morgan fingerprint density at radius 3 is 2.84 bits per heavy atom. The van der Waals surface area contributed by atoms with Crippen molar-refractivity contribution in [3.05, 3.63) is 0 Å². The van der Waals surface area contributed by atoms with Crippen LogP contribution in [-0.4, -0.2) is 64.1 Å². The molecule has 1 rings (SSSR count). The topological polar surface area (TPSA) is 33.7 Å². The van der Waals surface area contributed by atoms with Crippen LogP contribution >= 0.6 is 0 Å². The molecule has 1 heterocycles. The number of ether oxygens (including phenoxy) is 2. The Morgan fingerprint density at radius 2 is 2.11 bits per heavy atom. The van der Waals surface area contributed by atoms with Crippen molar-refractivity contribution >= 4 is 0 Å². The van der Waals surface area contributed by atoms with Crippen molar-refractivity contribution in [2.24, 2.45) is 5.92 Å². The predicted octanol–water partition coefficient (Wildman–Crippen LogP) is 1.75. The van der Waals surface area contributed by atoms with Gasteiger partial charge in [0, 0.05) is 32.8 Å². The molecule has 1 unspecified atom stereocenters. The second-order valence-corrected chi connectivity index (χ2v) is 5.89. The van der Waals surface area contributed by atoms with Gasteiger partial charge in [-0.15, -0.1) is 0 Å². The third-order valence-electron chi connectivity index (χ3n) is 3.51. The molecule has 0 bridgehead atoms. The summed E-state index contributed by atoms with van der Waals surface area (Å²) in [5.74, 6) is 0.773. The SMILES string of the molecule is COCCOCCCN1CCCNC(CC(C)C)C1. The molecule has 0 aromatic carbocycles. The second-order valence-electron chi connectivity index (χ2n) is 5.89. The summed E-state index contributed by atoms with van der Waals surface area (Å²) in [5.41, 5.74) is 0. The van der Waals surface area contributed by atoms with Crippen molar-refractivity contribution in [1.82, 2.24) is 10.2 Å². The zero-order valence-corrected chi connectivity index (χ0v) is 13.0. The van der Waals surface area contributed by atoms with Crippen molar-refractivity contribution in [3.63, 3.8) is 0 Å². The average molecular weight is 272 g/mol. The first-order valence-corrected chi connectivity index (χ1v) is 7.74. The van der Waals surface area contributed by atoms with E-state index >= 15 is 0 Å². The summed E-state index contributed by atoms with van der Waals surface area (Å²) in [7, 11) is 1.71. The molecule has 0 spiro atoms. The maximum atomic E-state index is 5.52. The van der Waals surface area contributed by atoms with Gasteiger partial charge in [0.2, 0.25) is 0 Å². The summed E-state index contributed by atoms with van der Waals surface area (Å²) in [6.45, 7) is 11.6. The first-order valence-electron chi connectivity index (χ1n) is 7.74. The molecule has 1 aliphatic rings. The van der Waals surface area contributed by atoms with Gasteiger partial charge in [-0.05, 0) is 38.3 Å². The third kappa shape index (κ3) is 8.58. The summed E-state index contributed by atoms with van der Waals surface area (Å²) < 4.78 is 10.5. The quantitative estimate of drug-likeness (QED) is 0.648. The average Bonchev–Trinajstić information content (AvgIpc) is 2.58. The summed E-state index contributed by atoms with van der Waals surface area (Å²) in [5, 5.41) is 3.67. The van der Waals surface area contributed by atoms with E-state index in [-0.39, 0.29) is 0 Å². The fourth-order valence-corrected chi connectivity index (χ4v) is 2.64. The van der Waals surface area contributed by atoms with E-state index in [0.717, 1.165) is 32.0 Å². The zero-order chi connectivity index (χ0) is 13.9. The molecule has 0 radical (unpaired) electrons. The molecular formula is C15H32N2O2.